The van der Waals surface area contributed by atoms with Crippen molar-refractivity contribution in [1.82, 2.24) is 10.6 Å². The summed E-state index contributed by atoms with van der Waals surface area (Å²) in [6.07, 6.45) is 8.52. The number of nitrogens with one attached hydrogen (secondary N) is 2. The molecule has 0 unspecified atom stereocenters. The number of hydrogen-bond donors (Lipinski definition) is 2. The molecule has 0 atom stereocenters. The Kier molecular flexibility index (Phi) is 6.64. The Morgan fingerprint density at radius 1 is 0.885 bits per heavy atom. The van der Waals surface area contributed by atoms with Crippen molar-refractivity contribution in [3.8, 4) is 0 Å². The highest BCUT2D eigenvalue weighted by Gasteiger charge is 2.31. The molecule has 2 aliphatic carbocycles. The highest BCUT2D eigenvalue weighted by atomic mass is 19.1. The van der Waals surface area contributed by atoms with E-state index in [2.05, 4.69) is 10.6 Å². The Labute approximate surface area is 154 Å². The Morgan fingerprint density at radius 3 is 2.08 bits per heavy atom. The van der Waals surface area contributed by atoms with Crippen molar-refractivity contribution >= 4 is 11.8 Å². The average molecular weight is 360 g/mol. The zero-order chi connectivity index (χ0) is 18.4. The highest BCUT2D eigenvalue weighted by Crippen LogP contribution is 2.29. The Morgan fingerprint density at radius 2 is 1.46 bits per heavy atom. The van der Waals surface area contributed by atoms with Crippen LogP contribution in [0.2, 0.25) is 0 Å². The van der Waals surface area contributed by atoms with Crippen LogP contribution in [0.3, 0.4) is 0 Å². The summed E-state index contributed by atoms with van der Waals surface area (Å²) in [5, 5.41) is 6.17. The maximum atomic E-state index is 12.9. The summed E-state index contributed by atoms with van der Waals surface area (Å²) < 4.78 is 12.9. The highest BCUT2D eigenvalue weighted by molar-refractivity contribution is 5.81. The fourth-order valence-corrected chi connectivity index (χ4v) is 4.13. The molecule has 0 heterocycles. The van der Waals surface area contributed by atoms with Crippen molar-refractivity contribution in [1.29, 1.82) is 0 Å². The Balaban J connectivity index is 1.35. The second-order valence-corrected chi connectivity index (χ2v) is 7.71. The van der Waals surface area contributed by atoms with Crippen LogP contribution in [0.25, 0.3) is 0 Å². The summed E-state index contributed by atoms with van der Waals surface area (Å²) in [5.41, 5.74) is 1.01. The summed E-state index contributed by atoms with van der Waals surface area (Å²) in [5.74, 6) is 0.109. The molecule has 0 bridgehead atoms. The number of carbonyl (C=O) groups excluding carboxylic acids is 2. The molecular weight excluding hydrogens is 331 g/mol. The normalized spacial score (nSPS) is 23.6. The minimum atomic E-state index is -0.244. The number of rotatable bonds is 6. The fourth-order valence-electron chi connectivity index (χ4n) is 4.13. The third kappa shape index (κ3) is 5.29. The van der Waals surface area contributed by atoms with Crippen molar-refractivity contribution in [3.05, 3.63) is 35.6 Å². The molecule has 1 aromatic rings. The molecule has 26 heavy (non-hydrogen) atoms. The van der Waals surface area contributed by atoms with Gasteiger partial charge < -0.3 is 10.6 Å². The van der Waals surface area contributed by atoms with Crippen molar-refractivity contribution in [2.45, 2.75) is 63.8 Å². The zero-order valence-corrected chi connectivity index (χ0v) is 15.3. The van der Waals surface area contributed by atoms with Crippen molar-refractivity contribution in [2.75, 3.05) is 6.54 Å². The second kappa shape index (κ2) is 9.15. The number of halogens is 1. The lowest BCUT2D eigenvalue weighted by Gasteiger charge is -2.28. The lowest BCUT2D eigenvalue weighted by atomic mass is 9.81. The predicted octanol–water partition coefficient (Wildman–Crippen LogP) is 3.35. The lowest BCUT2D eigenvalue weighted by Crippen LogP contribution is -2.40. The van der Waals surface area contributed by atoms with Gasteiger partial charge in [-0.15, -0.1) is 0 Å². The second-order valence-electron chi connectivity index (χ2n) is 7.71. The molecule has 5 heteroatoms. The van der Waals surface area contributed by atoms with Crippen LogP contribution in [-0.4, -0.2) is 24.4 Å². The van der Waals surface area contributed by atoms with Crippen LogP contribution in [0.1, 0.15) is 56.9 Å². The SMILES string of the molecule is O=C(NCCc1ccc(F)cc1)C1CCC(C(=O)NC2CCCC2)CC1. The van der Waals surface area contributed by atoms with Gasteiger partial charge in [-0.25, -0.2) is 4.39 Å². The predicted molar refractivity (Wildman–Crippen MR) is 99.0 cm³/mol. The van der Waals surface area contributed by atoms with Crippen LogP contribution in [0.15, 0.2) is 24.3 Å². The van der Waals surface area contributed by atoms with Gasteiger partial charge in [0, 0.05) is 24.4 Å². The van der Waals surface area contributed by atoms with E-state index in [1.165, 1.54) is 25.0 Å². The van der Waals surface area contributed by atoms with Crippen LogP contribution in [0.4, 0.5) is 4.39 Å². The van der Waals surface area contributed by atoms with Crippen molar-refractivity contribution in [2.24, 2.45) is 11.8 Å². The minimum Gasteiger partial charge on any atom is -0.356 e. The van der Waals surface area contributed by atoms with E-state index in [1.54, 1.807) is 12.1 Å². The molecule has 3 rings (SSSR count). The van der Waals surface area contributed by atoms with Gasteiger partial charge in [-0.05, 0) is 62.6 Å². The number of hydrogen-bond acceptors (Lipinski definition) is 2. The molecule has 0 radical (unpaired) electrons. The van der Waals surface area contributed by atoms with Gasteiger partial charge in [-0.2, -0.15) is 0 Å². The van der Waals surface area contributed by atoms with Gasteiger partial charge in [0.1, 0.15) is 5.82 Å². The third-order valence-electron chi connectivity index (χ3n) is 5.80. The topological polar surface area (TPSA) is 58.2 Å². The Bertz CT molecular complexity index is 603. The van der Waals surface area contributed by atoms with Crippen LogP contribution in [0, 0.1) is 17.7 Å². The standard InChI is InChI=1S/C21H29FN2O2/c22-18-11-5-15(6-12-18)13-14-23-20(25)16-7-9-17(10-8-16)21(26)24-19-3-1-2-4-19/h5-6,11-12,16-17,19H,1-4,7-10,13-14H2,(H,23,25)(H,24,26). The van der Waals surface area contributed by atoms with Crippen molar-refractivity contribution in [3.63, 3.8) is 0 Å². The molecule has 0 saturated heterocycles. The number of carbonyl (C=O) groups is 2. The molecule has 0 spiro atoms. The van der Waals surface area contributed by atoms with Crippen LogP contribution in [-0.2, 0) is 16.0 Å². The monoisotopic (exact) mass is 360 g/mol. The molecule has 1 aromatic carbocycles. The molecule has 2 fully saturated rings. The smallest absolute Gasteiger partial charge is 0.223 e. The lowest BCUT2D eigenvalue weighted by molar-refractivity contribution is -0.130. The van der Waals surface area contributed by atoms with E-state index < -0.39 is 0 Å². The molecule has 142 valence electrons. The molecule has 2 amide bonds. The zero-order valence-electron chi connectivity index (χ0n) is 15.3. The Hall–Kier alpha value is -1.91. The number of amides is 2. The van der Waals surface area contributed by atoms with Crippen LogP contribution in [0.5, 0.6) is 0 Å². The largest absolute Gasteiger partial charge is 0.356 e. The van der Waals surface area contributed by atoms with E-state index in [-0.39, 0.29) is 29.5 Å². The summed E-state index contributed by atoms with van der Waals surface area (Å²) in [6.45, 7) is 0.562. The summed E-state index contributed by atoms with van der Waals surface area (Å²) >= 11 is 0. The van der Waals surface area contributed by atoms with E-state index in [1.807, 2.05) is 0 Å². The number of benzene rings is 1. The molecule has 4 nitrogen and oxygen atoms in total. The molecule has 2 saturated carbocycles. The molecule has 0 aliphatic heterocycles. The van der Waals surface area contributed by atoms with E-state index >= 15 is 0 Å². The van der Waals surface area contributed by atoms with Crippen LogP contribution < -0.4 is 10.6 Å². The summed E-state index contributed by atoms with van der Waals surface area (Å²) in [7, 11) is 0. The van der Waals surface area contributed by atoms with Gasteiger partial charge in [-0.3, -0.25) is 9.59 Å². The first-order chi connectivity index (χ1) is 12.6. The van der Waals surface area contributed by atoms with E-state index in [4.69, 9.17) is 0 Å². The van der Waals surface area contributed by atoms with Gasteiger partial charge in [0.05, 0.1) is 0 Å². The van der Waals surface area contributed by atoms with Gasteiger partial charge in [0.25, 0.3) is 0 Å². The quantitative estimate of drug-likeness (QED) is 0.817. The van der Waals surface area contributed by atoms with E-state index in [0.29, 0.717) is 19.0 Å². The van der Waals surface area contributed by atoms with Gasteiger partial charge in [0.15, 0.2) is 0 Å². The van der Waals surface area contributed by atoms with E-state index in [9.17, 15) is 14.0 Å². The van der Waals surface area contributed by atoms with E-state index in [0.717, 1.165) is 44.1 Å². The first-order valence-corrected chi connectivity index (χ1v) is 9.94. The third-order valence-corrected chi connectivity index (χ3v) is 5.80. The minimum absolute atomic E-state index is 0.0127. The first-order valence-electron chi connectivity index (χ1n) is 9.94. The summed E-state index contributed by atoms with van der Waals surface area (Å²) in [6, 6.07) is 6.74. The van der Waals surface area contributed by atoms with Gasteiger partial charge in [-0.1, -0.05) is 25.0 Å². The molecule has 2 N–H and O–H groups in total. The average Bonchev–Trinajstić information content (AvgIpc) is 3.16. The maximum Gasteiger partial charge on any atom is 0.223 e. The van der Waals surface area contributed by atoms with Gasteiger partial charge >= 0.3 is 0 Å². The van der Waals surface area contributed by atoms with Crippen LogP contribution >= 0.6 is 0 Å². The summed E-state index contributed by atoms with van der Waals surface area (Å²) in [4.78, 5) is 24.7. The molecule has 0 aromatic heterocycles. The fraction of sp³-hybridized carbons (Fsp3) is 0.619. The molecule has 2 aliphatic rings. The van der Waals surface area contributed by atoms with Gasteiger partial charge in [0.2, 0.25) is 11.8 Å². The maximum absolute atomic E-state index is 12.9. The molecular formula is C21H29FN2O2. The van der Waals surface area contributed by atoms with Crippen molar-refractivity contribution < 1.29 is 14.0 Å². The first kappa shape index (κ1) is 18.9.